The van der Waals surface area contributed by atoms with E-state index in [9.17, 15) is 0 Å². The van der Waals surface area contributed by atoms with Crippen molar-refractivity contribution >= 4 is 34.9 Å². The molecule has 2 heterocycles. The van der Waals surface area contributed by atoms with E-state index >= 15 is 0 Å². The molecule has 2 unspecified atom stereocenters. The van der Waals surface area contributed by atoms with Crippen molar-refractivity contribution in [1.82, 2.24) is 4.98 Å². The minimum Gasteiger partial charge on any atom is -0.248 e. The third-order valence-corrected chi connectivity index (χ3v) is 6.31. The summed E-state index contributed by atoms with van der Waals surface area (Å²) in [4.78, 5) is 5.81. The number of rotatable bonds is 1. The van der Waals surface area contributed by atoms with Crippen molar-refractivity contribution in [2.24, 2.45) is 0 Å². The van der Waals surface area contributed by atoms with Gasteiger partial charge >= 0.3 is 0 Å². The predicted molar refractivity (Wildman–Crippen MR) is 64.0 cm³/mol. The van der Waals surface area contributed by atoms with Crippen LogP contribution in [-0.4, -0.2) is 21.7 Å². The normalized spacial score (nSPS) is 29.1. The van der Waals surface area contributed by atoms with E-state index < -0.39 is 0 Å². The average molecular weight is 231 g/mol. The molecule has 1 fully saturated rings. The molecule has 1 aliphatic heterocycles. The number of nitrogens with zero attached hydrogens (tertiary/aromatic N) is 1. The third-order valence-electron chi connectivity index (χ3n) is 2.07. The Morgan fingerprint density at radius 1 is 1.38 bits per heavy atom. The molecule has 0 saturated carbocycles. The van der Waals surface area contributed by atoms with Crippen molar-refractivity contribution in [3.8, 4) is 0 Å². The summed E-state index contributed by atoms with van der Waals surface area (Å²) in [5.74, 6) is 2.57. The smallest absolute Gasteiger partial charge is 0.107 e. The van der Waals surface area contributed by atoms with Crippen LogP contribution in [0.25, 0.3) is 0 Å². The molecule has 13 heavy (non-hydrogen) atoms. The van der Waals surface area contributed by atoms with Gasteiger partial charge in [0.15, 0.2) is 0 Å². The fourth-order valence-electron chi connectivity index (χ4n) is 1.41. The second-order valence-electron chi connectivity index (χ2n) is 3.18. The summed E-state index contributed by atoms with van der Waals surface area (Å²) in [6.07, 6.45) is 1.99. The maximum absolute atomic E-state index is 4.47. The highest BCUT2D eigenvalue weighted by Gasteiger charge is 2.26. The van der Waals surface area contributed by atoms with Crippen LogP contribution < -0.4 is 0 Å². The first-order chi connectivity index (χ1) is 6.27. The highest BCUT2D eigenvalue weighted by atomic mass is 32.2. The Morgan fingerprint density at radius 3 is 2.77 bits per heavy atom. The maximum Gasteiger partial charge on any atom is 0.107 e. The summed E-state index contributed by atoms with van der Waals surface area (Å²) in [7, 11) is 0. The Balaban J connectivity index is 2.14. The van der Waals surface area contributed by atoms with Gasteiger partial charge in [0.05, 0.1) is 5.25 Å². The van der Waals surface area contributed by atoms with Gasteiger partial charge in [0.2, 0.25) is 0 Å². The lowest BCUT2D eigenvalue weighted by Crippen LogP contribution is -2.15. The molecular weight excluding hydrogens is 218 g/mol. The van der Waals surface area contributed by atoms with Crippen molar-refractivity contribution in [2.45, 2.75) is 24.3 Å². The molecule has 4 heteroatoms. The highest BCUT2D eigenvalue weighted by Crippen LogP contribution is 2.43. The minimum absolute atomic E-state index is 0.637. The molecule has 1 nitrogen and oxygen atoms in total. The highest BCUT2D eigenvalue weighted by molar-refractivity contribution is 8.06. The van der Waals surface area contributed by atoms with Crippen molar-refractivity contribution in [1.29, 1.82) is 0 Å². The molecule has 0 N–H and O–H groups in total. The SMILES string of the molecule is Cc1cnc(C2SCCSC2C)s1. The van der Waals surface area contributed by atoms with Crippen LogP contribution in [0.3, 0.4) is 0 Å². The molecule has 0 radical (unpaired) electrons. The number of aromatic nitrogens is 1. The van der Waals surface area contributed by atoms with Crippen molar-refractivity contribution in [2.75, 3.05) is 11.5 Å². The molecule has 0 spiro atoms. The van der Waals surface area contributed by atoms with E-state index in [0.717, 1.165) is 5.25 Å². The lowest BCUT2D eigenvalue weighted by molar-refractivity contribution is 0.895. The first-order valence-corrected chi connectivity index (χ1v) is 7.34. The number of hydrogen-bond donors (Lipinski definition) is 0. The third kappa shape index (κ3) is 2.22. The van der Waals surface area contributed by atoms with Crippen LogP contribution in [0.15, 0.2) is 6.20 Å². The summed E-state index contributed by atoms with van der Waals surface area (Å²) < 4.78 is 0. The van der Waals surface area contributed by atoms with Crippen LogP contribution in [0, 0.1) is 6.92 Å². The molecule has 1 aliphatic rings. The van der Waals surface area contributed by atoms with Crippen molar-refractivity contribution in [3.05, 3.63) is 16.1 Å². The van der Waals surface area contributed by atoms with Crippen LogP contribution in [0.2, 0.25) is 0 Å². The lowest BCUT2D eigenvalue weighted by Gasteiger charge is -2.25. The summed E-state index contributed by atoms with van der Waals surface area (Å²) >= 11 is 5.99. The largest absolute Gasteiger partial charge is 0.248 e. The van der Waals surface area contributed by atoms with Gasteiger partial charge in [0.1, 0.15) is 5.01 Å². The average Bonchev–Trinajstić information content (AvgIpc) is 2.53. The molecule has 2 atom stereocenters. The molecular formula is C9H13NS3. The number of aryl methyl sites for hydroxylation is 1. The molecule has 0 bridgehead atoms. The maximum atomic E-state index is 4.47. The molecule has 1 aromatic heterocycles. The number of thiazole rings is 1. The molecule has 0 amide bonds. The van der Waals surface area contributed by atoms with Crippen molar-refractivity contribution < 1.29 is 0 Å². The van der Waals surface area contributed by atoms with Gasteiger partial charge in [-0.1, -0.05) is 6.92 Å². The molecule has 1 saturated heterocycles. The standard InChI is InChI=1S/C9H13NS3/c1-6-5-10-9(13-6)8-7(2)11-3-4-12-8/h5,7-8H,3-4H2,1-2H3. The topological polar surface area (TPSA) is 12.9 Å². The van der Waals surface area contributed by atoms with Gasteiger partial charge in [-0.3, -0.25) is 0 Å². The predicted octanol–water partition coefficient (Wildman–Crippen LogP) is 3.36. The fourth-order valence-corrected chi connectivity index (χ4v) is 5.35. The van der Waals surface area contributed by atoms with E-state index in [0.29, 0.717) is 5.25 Å². The van der Waals surface area contributed by atoms with Gasteiger partial charge < -0.3 is 0 Å². The Labute approximate surface area is 91.7 Å². The van der Waals surface area contributed by atoms with Gasteiger partial charge in [-0.05, 0) is 6.92 Å². The van der Waals surface area contributed by atoms with Crippen LogP contribution in [0.5, 0.6) is 0 Å². The van der Waals surface area contributed by atoms with Crippen LogP contribution in [0.4, 0.5) is 0 Å². The first-order valence-electron chi connectivity index (χ1n) is 4.43. The zero-order chi connectivity index (χ0) is 9.26. The molecule has 2 rings (SSSR count). The van der Waals surface area contributed by atoms with Crippen LogP contribution in [0.1, 0.15) is 22.1 Å². The zero-order valence-electron chi connectivity index (χ0n) is 7.82. The molecule has 72 valence electrons. The van der Waals surface area contributed by atoms with Gasteiger partial charge in [0, 0.05) is 27.8 Å². The lowest BCUT2D eigenvalue weighted by atomic mass is 10.3. The van der Waals surface area contributed by atoms with Gasteiger partial charge in [0.25, 0.3) is 0 Å². The summed E-state index contributed by atoms with van der Waals surface area (Å²) in [5, 5.41) is 2.68. The number of thioether (sulfide) groups is 2. The quantitative estimate of drug-likeness (QED) is 0.735. The Kier molecular flexibility index (Phi) is 3.22. The second kappa shape index (κ2) is 4.24. The summed E-state index contributed by atoms with van der Waals surface area (Å²) in [6, 6.07) is 0. The van der Waals surface area contributed by atoms with E-state index in [4.69, 9.17) is 0 Å². The van der Waals surface area contributed by atoms with Gasteiger partial charge in [-0.25, -0.2) is 4.98 Å². The molecule has 0 aromatic carbocycles. The molecule has 1 aromatic rings. The number of hydrogen-bond acceptors (Lipinski definition) is 4. The first kappa shape index (κ1) is 9.87. The molecule has 0 aliphatic carbocycles. The van der Waals surface area contributed by atoms with Gasteiger partial charge in [-0.15, -0.1) is 23.1 Å². The minimum atomic E-state index is 0.637. The van der Waals surface area contributed by atoms with E-state index in [1.54, 1.807) is 0 Å². The van der Waals surface area contributed by atoms with E-state index in [1.165, 1.54) is 21.4 Å². The van der Waals surface area contributed by atoms with E-state index in [-0.39, 0.29) is 0 Å². The van der Waals surface area contributed by atoms with Crippen LogP contribution in [-0.2, 0) is 0 Å². The zero-order valence-corrected chi connectivity index (χ0v) is 10.3. The Bertz CT molecular complexity index is 284. The van der Waals surface area contributed by atoms with E-state index in [2.05, 4.69) is 42.4 Å². The fraction of sp³-hybridized carbons (Fsp3) is 0.667. The summed E-state index contributed by atoms with van der Waals surface area (Å²) in [6.45, 7) is 4.45. The van der Waals surface area contributed by atoms with Crippen molar-refractivity contribution in [3.63, 3.8) is 0 Å². The van der Waals surface area contributed by atoms with Crippen LogP contribution >= 0.6 is 34.9 Å². The van der Waals surface area contributed by atoms with E-state index in [1.807, 2.05) is 17.5 Å². The second-order valence-corrected chi connectivity index (χ2v) is 7.18. The summed E-state index contributed by atoms with van der Waals surface area (Å²) in [5.41, 5.74) is 0. The van der Waals surface area contributed by atoms with Gasteiger partial charge in [-0.2, -0.15) is 11.8 Å². The Hall–Kier alpha value is 0.330. The Morgan fingerprint density at radius 2 is 2.15 bits per heavy atom. The monoisotopic (exact) mass is 231 g/mol.